The van der Waals surface area contributed by atoms with Crippen molar-refractivity contribution in [3.8, 4) is 0 Å². The quantitative estimate of drug-likeness (QED) is 0.425. The van der Waals surface area contributed by atoms with Gasteiger partial charge < -0.3 is 4.90 Å². The van der Waals surface area contributed by atoms with E-state index < -0.39 is 10.0 Å². The molecule has 0 saturated carbocycles. The molecule has 0 aliphatic heterocycles. The highest BCUT2D eigenvalue weighted by molar-refractivity contribution is 7.89. The average Bonchev–Trinajstić information content (AvgIpc) is 3.18. The molecule has 0 aliphatic carbocycles. The Hall–Kier alpha value is -2.04. The second-order valence-corrected chi connectivity index (χ2v) is 11.3. The number of hydrogen-bond donors (Lipinski definition) is 0. The lowest BCUT2D eigenvalue weighted by Gasteiger charge is -2.22. The van der Waals surface area contributed by atoms with Crippen molar-refractivity contribution >= 4 is 54.2 Å². The van der Waals surface area contributed by atoms with Gasteiger partial charge in [0.1, 0.15) is 0 Å². The van der Waals surface area contributed by atoms with Crippen molar-refractivity contribution in [3.05, 3.63) is 52.5 Å². The first-order valence-corrected chi connectivity index (χ1v) is 13.3. The lowest BCUT2D eigenvalue weighted by molar-refractivity contribution is 0.0985. The van der Waals surface area contributed by atoms with Crippen molar-refractivity contribution in [2.24, 2.45) is 0 Å². The summed E-state index contributed by atoms with van der Waals surface area (Å²) in [5, 5.41) is 1.22. The molecule has 0 fully saturated rings. The normalized spacial score (nSPS) is 12.1. The van der Waals surface area contributed by atoms with Crippen LogP contribution in [0.2, 0.25) is 5.02 Å². The van der Waals surface area contributed by atoms with E-state index >= 15 is 0 Å². The van der Waals surface area contributed by atoms with Crippen LogP contribution in [-0.4, -0.2) is 68.8 Å². The van der Waals surface area contributed by atoms with Gasteiger partial charge in [0, 0.05) is 36.8 Å². The van der Waals surface area contributed by atoms with Crippen molar-refractivity contribution in [2.45, 2.75) is 25.7 Å². The Bertz CT molecular complexity index is 1240. The number of carbonyl (C=O) groups excluding carboxylic acids is 1. The van der Waals surface area contributed by atoms with Gasteiger partial charge in [-0.3, -0.25) is 9.69 Å². The van der Waals surface area contributed by atoms with Crippen LogP contribution in [0.1, 0.15) is 29.8 Å². The molecule has 7 nitrogen and oxygen atoms in total. The predicted octanol–water partition coefficient (Wildman–Crippen LogP) is 4.50. The van der Waals surface area contributed by atoms with Crippen LogP contribution in [0, 0.1) is 6.92 Å². The molecular weight excluding hydrogens is 480 g/mol. The number of anilines is 1. The van der Waals surface area contributed by atoms with Gasteiger partial charge in [0.2, 0.25) is 10.0 Å². The molecular formula is C23H29ClN4O3S2. The van der Waals surface area contributed by atoms with E-state index in [1.807, 2.05) is 38.1 Å². The van der Waals surface area contributed by atoms with E-state index in [0.29, 0.717) is 41.9 Å². The summed E-state index contributed by atoms with van der Waals surface area (Å²) in [6, 6.07) is 9.83. The summed E-state index contributed by atoms with van der Waals surface area (Å²) < 4.78 is 27.9. The number of benzene rings is 2. The minimum Gasteiger partial charge on any atom is -0.308 e. The molecule has 10 heteroatoms. The van der Waals surface area contributed by atoms with E-state index in [-0.39, 0.29) is 10.8 Å². The third-order valence-corrected chi connectivity index (χ3v) is 8.64. The predicted molar refractivity (Wildman–Crippen MR) is 136 cm³/mol. The fourth-order valence-corrected chi connectivity index (χ4v) is 6.38. The van der Waals surface area contributed by atoms with E-state index in [1.54, 1.807) is 30.9 Å². The topological polar surface area (TPSA) is 73.8 Å². The minimum atomic E-state index is -3.58. The van der Waals surface area contributed by atoms with Gasteiger partial charge in [-0.1, -0.05) is 36.8 Å². The van der Waals surface area contributed by atoms with Crippen LogP contribution in [0.3, 0.4) is 0 Å². The third-order valence-electron chi connectivity index (χ3n) is 5.33. The zero-order valence-corrected chi connectivity index (χ0v) is 21.9. The van der Waals surface area contributed by atoms with Crippen LogP contribution in [0.5, 0.6) is 0 Å². The molecule has 1 amide bonds. The van der Waals surface area contributed by atoms with Crippen LogP contribution < -0.4 is 4.90 Å². The minimum absolute atomic E-state index is 0.174. The van der Waals surface area contributed by atoms with Gasteiger partial charge in [-0.15, -0.1) is 0 Å². The molecule has 0 aliphatic rings. The molecule has 33 heavy (non-hydrogen) atoms. The van der Waals surface area contributed by atoms with E-state index in [9.17, 15) is 13.2 Å². The largest absolute Gasteiger partial charge is 0.308 e. The van der Waals surface area contributed by atoms with Crippen molar-refractivity contribution in [1.29, 1.82) is 0 Å². The Kier molecular flexibility index (Phi) is 8.13. The van der Waals surface area contributed by atoms with E-state index in [4.69, 9.17) is 16.6 Å². The standard InChI is InChI=1S/C23H29ClN4O3S2/c1-6-27(7-2)33(30,31)19-10-8-17(9-11-19)22(29)28(13-12-26(4)5)23-25-21-16(3)14-18(24)15-20(21)32-23/h8-11,14-15H,6-7,12-13H2,1-5H3. The Morgan fingerprint density at radius 3 is 2.27 bits per heavy atom. The second-order valence-electron chi connectivity index (χ2n) is 7.94. The fourth-order valence-electron chi connectivity index (χ4n) is 3.48. The molecule has 0 bridgehead atoms. The number of carbonyl (C=O) groups is 1. The number of aryl methyl sites for hydroxylation is 1. The first-order chi connectivity index (χ1) is 15.6. The summed E-state index contributed by atoms with van der Waals surface area (Å²) >= 11 is 7.62. The van der Waals surface area contributed by atoms with Crippen LogP contribution in [0.25, 0.3) is 10.2 Å². The molecule has 0 radical (unpaired) electrons. The highest BCUT2D eigenvalue weighted by Crippen LogP contribution is 2.33. The van der Waals surface area contributed by atoms with Crippen molar-refractivity contribution in [3.63, 3.8) is 0 Å². The Morgan fingerprint density at radius 2 is 1.70 bits per heavy atom. The van der Waals surface area contributed by atoms with Gasteiger partial charge in [-0.05, 0) is 63.0 Å². The molecule has 1 heterocycles. The zero-order chi connectivity index (χ0) is 24.3. The molecule has 0 spiro atoms. The summed E-state index contributed by atoms with van der Waals surface area (Å²) in [5.74, 6) is -0.230. The SMILES string of the molecule is CCN(CC)S(=O)(=O)c1ccc(C(=O)N(CCN(C)C)c2nc3c(C)cc(Cl)cc3s2)cc1. The number of nitrogens with zero attached hydrogens (tertiary/aromatic N) is 4. The summed E-state index contributed by atoms with van der Waals surface area (Å²) in [7, 11) is 0.300. The van der Waals surface area contributed by atoms with E-state index in [2.05, 4.69) is 0 Å². The van der Waals surface area contributed by atoms with Crippen LogP contribution in [0.15, 0.2) is 41.3 Å². The third kappa shape index (κ3) is 5.55. The number of sulfonamides is 1. The maximum atomic E-state index is 13.5. The molecule has 0 N–H and O–H groups in total. The van der Waals surface area contributed by atoms with Gasteiger partial charge in [-0.25, -0.2) is 13.4 Å². The lowest BCUT2D eigenvalue weighted by atomic mass is 10.2. The summed E-state index contributed by atoms with van der Waals surface area (Å²) in [5.41, 5.74) is 2.18. The van der Waals surface area contributed by atoms with E-state index in [0.717, 1.165) is 15.8 Å². The molecule has 178 valence electrons. The first kappa shape index (κ1) is 25.6. The molecule has 2 aromatic carbocycles. The van der Waals surface area contributed by atoms with E-state index in [1.165, 1.54) is 27.8 Å². The molecule has 3 rings (SSSR count). The number of hydrogen-bond acceptors (Lipinski definition) is 6. The molecule has 1 aromatic heterocycles. The van der Waals surface area contributed by atoms with Gasteiger partial charge in [0.25, 0.3) is 5.91 Å². The molecule has 0 unspecified atom stereocenters. The Labute approximate surface area is 204 Å². The van der Waals surface area contributed by atoms with Crippen molar-refractivity contribution in [1.82, 2.24) is 14.2 Å². The number of likely N-dealkylation sites (N-methyl/N-ethyl adjacent to an activating group) is 1. The number of thiazole rings is 1. The number of aromatic nitrogens is 1. The fraction of sp³-hybridized carbons (Fsp3) is 0.391. The van der Waals surface area contributed by atoms with Crippen molar-refractivity contribution in [2.75, 3.05) is 45.2 Å². The molecule has 0 atom stereocenters. The first-order valence-electron chi connectivity index (χ1n) is 10.7. The summed E-state index contributed by atoms with van der Waals surface area (Å²) in [6.45, 7) is 7.41. The highest BCUT2D eigenvalue weighted by atomic mass is 35.5. The lowest BCUT2D eigenvalue weighted by Crippen LogP contribution is -2.36. The van der Waals surface area contributed by atoms with Crippen LogP contribution in [0.4, 0.5) is 5.13 Å². The Morgan fingerprint density at radius 1 is 1.06 bits per heavy atom. The maximum Gasteiger partial charge on any atom is 0.260 e. The monoisotopic (exact) mass is 508 g/mol. The second kappa shape index (κ2) is 10.5. The number of amides is 1. The molecule has 3 aromatic rings. The van der Waals surface area contributed by atoms with Crippen molar-refractivity contribution < 1.29 is 13.2 Å². The van der Waals surface area contributed by atoms with Crippen LogP contribution in [-0.2, 0) is 10.0 Å². The number of fused-ring (bicyclic) bond motifs is 1. The molecule has 0 saturated heterocycles. The average molecular weight is 509 g/mol. The summed E-state index contributed by atoms with van der Waals surface area (Å²) in [6.07, 6.45) is 0. The number of rotatable bonds is 9. The smallest absolute Gasteiger partial charge is 0.260 e. The van der Waals surface area contributed by atoms with Crippen LogP contribution >= 0.6 is 22.9 Å². The van der Waals surface area contributed by atoms with Gasteiger partial charge in [0.15, 0.2) is 5.13 Å². The highest BCUT2D eigenvalue weighted by Gasteiger charge is 2.25. The van der Waals surface area contributed by atoms with Gasteiger partial charge in [-0.2, -0.15) is 4.31 Å². The van der Waals surface area contributed by atoms with Gasteiger partial charge in [0.05, 0.1) is 15.1 Å². The maximum absolute atomic E-state index is 13.5. The summed E-state index contributed by atoms with van der Waals surface area (Å²) in [4.78, 5) is 22.0. The number of halogens is 1. The zero-order valence-electron chi connectivity index (χ0n) is 19.5. The van der Waals surface area contributed by atoms with Gasteiger partial charge >= 0.3 is 0 Å². The Balaban J connectivity index is 1.97.